The molecule has 38 heteroatoms. The normalized spacial score (nSPS) is 19.3. The van der Waals surface area contributed by atoms with Crippen LogP contribution in [0.15, 0.2) is 53.3 Å². The number of nitrogens with two attached hydrogens (primary N) is 1. The molecule has 2 aromatic heterocycles. The number of carboxylic acids is 1. The molecule has 1 saturated heterocycles. The number of pyridine rings is 2. The van der Waals surface area contributed by atoms with E-state index in [9.17, 15) is 87.2 Å². The van der Waals surface area contributed by atoms with Crippen molar-refractivity contribution in [3.05, 3.63) is 104 Å². The lowest BCUT2D eigenvalue weighted by molar-refractivity contribution is -0.172. The number of fused-ring (bicyclic) bond motifs is 5. The second-order valence-corrected chi connectivity index (χ2v) is 27.9. The van der Waals surface area contributed by atoms with E-state index in [0.717, 1.165) is 4.90 Å². The summed E-state index contributed by atoms with van der Waals surface area (Å²) in [4.78, 5) is 198. The molecule has 2 aromatic carbocycles. The number of unbranched alkanes of at least 4 members (excludes halogenated alkanes) is 3. The number of primary amides is 1. The lowest BCUT2D eigenvalue weighted by Crippen LogP contribution is -2.57. The number of benzene rings is 2. The molecule has 17 N–H and O–H groups in total. The quantitative estimate of drug-likeness (QED) is 0.0118. The topological polar surface area (TPSA) is 544 Å². The van der Waals surface area contributed by atoms with Crippen LogP contribution in [-0.2, 0) is 104 Å². The number of cyclic esters (lactones) is 1. The minimum absolute atomic E-state index is 0.0155. The number of carbonyl (C=O) groups excluding carboxylic acids is 13. The molecular formula is C73H92FN15O22. The lowest BCUT2D eigenvalue weighted by atomic mass is 9.81. The summed E-state index contributed by atoms with van der Waals surface area (Å²) in [5.41, 5.74) is 6.90. The van der Waals surface area contributed by atoms with Crippen LogP contribution in [0.5, 0.6) is 0 Å². The maximum Gasteiger partial charge on any atom is 0.407 e. The van der Waals surface area contributed by atoms with E-state index in [-0.39, 0.29) is 100 Å². The number of aryl methyl sites for hydroxylation is 1. The molecule has 13 amide bonds. The van der Waals surface area contributed by atoms with Crippen molar-refractivity contribution in [2.45, 2.75) is 179 Å². The number of nitrogens with one attached hydrogen (secondary N) is 11. The van der Waals surface area contributed by atoms with Crippen molar-refractivity contribution in [2.75, 3.05) is 57.7 Å². The van der Waals surface area contributed by atoms with Gasteiger partial charge in [-0.15, -0.1) is 0 Å². The maximum atomic E-state index is 15.6. The predicted octanol–water partition coefficient (Wildman–Crippen LogP) is -1.78. The average Bonchev–Trinajstić information content (AvgIpc) is 1.56. The summed E-state index contributed by atoms with van der Waals surface area (Å²) in [5, 5.41) is 70.5. The zero-order chi connectivity index (χ0) is 80.5. The van der Waals surface area contributed by atoms with Crippen LogP contribution in [-0.4, -0.2) is 213 Å². The largest absolute Gasteiger partial charge is 0.480 e. The van der Waals surface area contributed by atoms with Gasteiger partial charge in [-0.3, -0.25) is 62.4 Å². The summed E-state index contributed by atoms with van der Waals surface area (Å²) in [6, 6.07) is 3.86. The molecule has 0 radical (unpaired) electrons. The number of aliphatic hydroxyl groups excluding tert-OH is 2. The van der Waals surface area contributed by atoms with E-state index in [2.05, 4.69) is 53.2 Å². The van der Waals surface area contributed by atoms with Gasteiger partial charge < -0.3 is 103 Å². The van der Waals surface area contributed by atoms with Crippen LogP contribution in [0.2, 0.25) is 0 Å². The number of urea groups is 1. The van der Waals surface area contributed by atoms with Gasteiger partial charge >= 0.3 is 24.1 Å². The van der Waals surface area contributed by atoms with Crippen molar-refractivity contribution in [3.63, 3.8) is 0 Å². The van der Waals surface area contributed by atoms with Crippen LogP contribution >= 0.6 is 0 Å². The summed E-state index contributed by atoms with van der Waals surface area (Å²) in [6.07, 6.45) is -2.28. The Bertz CT molecular complexity index is 4360. The number of aliphatic carboxylic acids is 1. The van der Waals surface area contributed by atoms with Gasteiger partial charge in [-0.1, -0.05) is 45.7 Å². The number of hydrogen-bond acceptors (Lipinski definition) is 23. The first kappa shape index (κ1) is 83.7. The molecule has 37 nitrogen and oxygen atoms in total. The predicted molar refractivity (Wildman–Crippen MR) is 388 cm³/mol. The van der Waals surface area contributed by atoms with Crippen molar-refractivity contribution >= 4 is 99.7 Å². The Hall–Kier alpha value is -11.3. The number of halogens is 1. The fourth-order valence-corrected chi connectivity index (χ4v) is 13.7. The van der Waals surface area contributed by atoms with Crippen molar-refractivity contribution in [1.29, 1.82) is 0 Å². The number of nitrogens with zero attached hydrogens (tertiary/aromatic N) is 3. The number of carbonyl (C=O) groups is 14. The van der Waals surface area contributed by atoms with E-state index < -0.39 is 187 Å². The summed E-state index contributed by atoms with van der Waals surface area (Å²) in [5.74, 6) is -10.1. The molecule has 4 aliphatic heterocycles. The fraction of sp³-hybridized carbons (Fsp3) is 0.507. The highest BCUT2D eigenvalue weighted by atomic mass is 19.1. The summed E-state index contributed by atoms with van der Waals surface area (Å²) in [7, 11) is 0. The van der Waals surface area contributed by atoms with Crippen LogP contribution in [0, 0.1) is 18.7 Å². The smallest absolute Gasteiger partial charge is 0.407 e. The number of esters is 1. The van der Waals surface area contributed by atoms with Gasteiger partial charge in [0.15, 0.2) is 5.60 Å². The summed E-state index contributed by atoms with van der Waals surface area (Å²) >= 11 is 0. The van der Waals surface area contributed by atoms with Crippen molar-refractivity contribution in [3.8, 4) is 11.4 Å². The van der Waals surface area contributed by atoms with Crippen molar-refractivity contribution in [1.82, 2.24) is 67.6 Å². The zero-order valence-corrected chi connectivity index (χ0v) is 61.5. The Morgan fingerprint density at radius 2 is 1.40 bits per heavy atom. The standard InChI is InChI=1S/C73H92FN15O22/c1-5-73(108)43-25-49-63-41(33-89(49)69(104)42(43)35-109-70(73)105)61-45(17-16-40-37(4)44(74)26-48(84-63)60(40)61)86-72(107)110-34-38-12-14-39(15-13-38)83-67(102)47(11-10-23-77-71(75)106)85-68(103)62(36(2)3)87-66(101)46(76-22-8-6-7-9-24-88-57(95)20-21-58(88)96)18-19-52(90)78-28-51-65(100)64(99)50(111-51)27-53(91)79-29-54(92)80-30-55(93)81-31-56(94)82-32-59(97)98/h12-15,20-21,25-26,36,45-47,50-51,62,64-65,76,99-100,108H,5-11,16-19,22-24,27-35H2,1-4H3,(H,78,90)(H,79,91)(H,80,92)(H,81,93)(H,82,94)(H,83,102)(H,85,103)(H,86,107)(H,87,101)(H,97,98)(H3,75,77,106)/t45-,46-,47+,50-,51+,62+,64-,65+,73-/m0/s1. The number of imide groups is 1. The van der Waals surface area contributed by atoms with Gasteiger partial charge in [-0.25, -0.2) is 23.8 Å². The van der Waals surface area contributed by atoms with Gasteiger partial charge in [-0.2, -0.15) is 0 Å². The third-order valence-electron chi connectivity index (χ3n) is 19.8. The number of aromatic nitrogens is 2. The van der Waals surface area contributed by atoms with Gasteiger partial charge in [0.2, 0.25) is 47.3 Å². The molecule has 1 aliphatic carbocycles. The van der Waals surface area contributed by atoms with Crippen LogP contribution in [0.1, 0.15) is 136 Å². The molecule has 598 valence electrons. The second-order valence-electron chi connectivity index (χ2n) is 27.9. The van der Waals surface area contributed by atoms with Crippen LogP contribution in [0.3, 0.4) is 0 Å². The number of carboxylic acid groups (broad SMARTS) is 1. The fourth-order valence-electron chi connectivity index (χ4n) is 13.7. The van der Waals surface area contributed by atoms with Gasteiger partial charge in [0, 0.05) is 66.5 Å². The van der Waals surface area contributed by atoms with E-state index >= 15 is 4.39 Å². The molecule has 0 saturated carbocycles. The second kappa shape index (κ2) is 37.8. The number of aliphatic hydroxyl groups is 3. The number of hydrogen-bond donors (Lipinski definition) is 16. The maximum absolute atomic E-state index is 15.6. The monoisotopic (exact) mass is 1550 g/mol. The number of alkyl carbamates (subject to hydrolysis) is 1. The molecule has 0 unspecified atom stereocenters. The zero-order valence-electron chi connectivity index (χ0n) is 61.5. The first-order valence-electron chi connectivity index (χ1n) is 36.5. The third kappa shape index (κ3) is 21.2. The van der Waals surface area contributed by atoms with E-state index in [0.29, 0.717) is 83.1 Å². The van der Waals surface area contributed by atoms with E-state index in [1.165, 1.54) is 34.9 Å². The number of amides is 13. The molecule has 111 heavy (non-hydrogen) atoms. The highest BCUT2D eigenvalue weighted by Gasteiger charge is 2.47. The van der Waals surface area contributed by atoms with E-state index in [4.69, 9.17) is 30.0 Å². The first-order chi connectivity index (χ1) is 52.8. The molecule has 9 rings (SSSR count). The van der Waals surface area contributed by atoms with Crippen molar-refractivity contribution in [2.24, 2.45) is 11.7 Å². The Kier molecular flexibility index (Phi) is 28.5. The molecule has 4 aromatic rings. The first-order valence-corrected chi connectivity index (χ1v) is 36.5. The van der Waals surface area contributed by atoms with Gasteiger partial charge in [-0.05, 0) is 111 Å². The van der Waals surface area contributed by atoms with Gasteiger partial charge in [0.25, 0.3) is 17.4 Å². The molecule has 9 atom stereocenters. The minimum atomic E-state index is -2.09. The Balaban J connectivity index is 0.789. The highest BCUT2D eigenvalue weighted by molar-refractivity contribution is 6.13. The van der Waals surface area contributed by atoms with Crippen LogP contribution < -0.4 is 69.8 Å². The summed E-state index contributed by atoms with van der Waals surface area (Å²) < 4.78 is 33.7. The Labute approximate surface area is 634 Å². The minimum Gasteiger partial charge on any atom is -0.480 e. The van der Waals surface area contributed by atoms with Gasteiger partial charge in [0.05, 0.1) is 73.3 Å². The van der Waals surface area contributed by atoms with Crippen LogP contribution in [0.25, 0.3) is 22.3 Å². The molecule has 5 aliphatic rings. The highest BCUT2D eigenvalue weighted by Crippen LogP contribution is 2.46. The molecule has 6 heterocycles. The molecule has 1 fully saturated rings. The van der Waals surface area contributed by atoms with Crippen molar-refractivity contribution < 1.29 is 106 Å². The lowest BCUT2D eigenvalue weighted by Gasteiger charge is -2.31. The number of anilines is 1. The molecule has 0 bridgehead atoms. The molecule has 0 spiro atoms. The number of rotatable bonds is 38. The third-order valence-corrected chi connectivity index (χ3v) is 19.8. The van der Waals surface area contributed by atoms with E-state index in [1.54, 1.807) is 45.9 Å². The summed E-state index contributed by atoms with van der Waals surface area (Å²) in [6.45, 7) is 3.60. The Morgan fingerprint density at radius 3 is 2.05 bits per heavy atom. The SMILES string of the molecule is CC[C@@]1(O)C(=O)OCc2c1cc1n(c2=O)Cc2c-1nc1cc(F)c(C)c3c1c2[C@@H](NC(=O)OCc1ccc(NC(=O)[C@@H](CCCNC(N)=O)NC(=O)[C@H](NC(=O)[C@H](CCC(=O)NC[C@H]2O[C@@H](CC(=O)NCC(=O)NCC(=O)NCC(=O)NCC(=O)O)[C@H](O)[C@@H]2O)NCCCCCCN2C(=O)C=CC2=O)C(C)C)cc1)CC3. The van der Waals surface area contributed by atoms with Gasteiger partial charge in [0.1, 0.15) is 56.0 Å². The average molecular weight is 1550 g/mol. The van der Waals surface area contributed by atoms with Crippen LogP contribution in [0.4, 0.5) is 19.7 Å². The molecular weight excluding hydrogens is 1460 g/mol. The number of ether oxygens (including phenoxy) is 3. The Morgan fingerprint density at radius 1 is 0.739 bits per heavy atom. The van der Waals surface area contributed by atoms with E-state index in [1.807, 2.05) is 5.32 Å².